The largest absolute Gasteiger partial charge is 0.390 e. The molecule has 4 rings (SSSR count). The Bertz CT molecular complexity index is 1230. The zero-order valence-electron chi connectivity index (χ0n) is 20.1. The second-order valence-corrected chi connectivity index (χ2v) is 9.96. The van der Waals surface area contributed by atoms with E-state index in [1.807, 2.05) is 32.0 Å². The smallest absolute Gasteiger partial charge is 0.295 e. The number of rotatable bonds is 6. The Morgan fingerprint density at radius 1 is 1.18 bits per heavy atom. The predicted octanol–water partition coefficient (Wildman–Crippen LogP) is 5.73. The van der Waals surface area contributed by atoms with Crippen molar-refractivity contribution < 1.29 is 18.4 Å². The zero-order valence-corrected chi connectivity index (χ0v) is 20.1. The van der Waals surface area contributed by atoms with Gasteiger partial charge in [-0.2, -0.15) is 18.9 Å². The van der Waals surface area contributed by atoms with Gasteiger partial charge in [-0.25, -0.2) is 0 Å². The highest BCUT2D eigenvalue weighted by Crippen LogP contribution is 2.34. The minimum Gasteiger partial charge on any atom is -0.390 e. The van der Waals surface area contributed by atoms with E-state index >= 15 is 0 Å². The van der Waals surface area contributed by atoms with Gasteiger partial charge >= 0.3 is 0 Å². The minimum absolute atomic E-state index is 0.0567. The van der Waals surface area contributed by atoms with Gasteiger partial charge in [-0.15, -0.1) is 0 Å². The van der Waals surface area contributed by atoms with Crippen LogP contribution in [0.3, 0.4) is 0 Å². The molecule has 1 atom stereocenters. The highest BCUT2D eigenvalue weighted by atomic mass is 19.3. The van der Waals surface area contributed by atoms with Gasteiger partial charge in [0.05, 0.1) is 6.54 Å². The van der Waals surface area contributed by atoms with Crippen molar-refractivity contribution in [3.05, 3.63) is 64.9 Å². The lowest BCUT2D eigenvalue weighted by atomic mass is 9.87. The second kappa shape index (κ2) is 8.91. The van der Waals surface area contributed by atoms with E-state index in [4.69, 9.17) is 9.63 Å². The second-order valence-electron chi connectivity index (χ2n) is 9.96. The van der Waals surface area contributed by atoms with Crippen molar-refractivity contribution >= 4 is 0 Å². The van der Waals surface area contributed by atoms with E-state index in [1.165, 1.54) is 17.7 Å². The highest BCUT2D eigenvalue weighted by molar-refractivity contribution is 5.58. The molecule has 0 fully saturated rings. The number of nitrogens with zero attached hydrogens (tertiary/aromatic N) is 4. The summed E-state index contributed by atoms with van der Waals surface area (Å²) in [4.78, 5) is 4.51. The number of allylic oxidation sites excluding steroid dienone is 3. The fourth-order valence-corrected chi connectivity index (χ4v) is 3.92. The van der Waals surface area contributed by atoms with Gasteiger partial charge in [0.1, 0.15) is 6.61 Å². The third-order valence-corrected chi connectivity index (χ3v) is 6.25. The first-order chi connectivity index (χ1) is 16.0. The van der Waals surface area contributed by atoms with Crippen molar-refractivity contribution in [2.75, 3.05) is 6.61 Å². The Morgan fingerprint density at radius 2 is 1.88 bits per heavy atom. The summed E-state index contributed by atoms with van der Waals surface area (Å²) in [7, 11) is 0. The van der Waals surface area contributed by atoms with Crippen LogP contribution in [0.4, 0.5) is 8.78 Å². The van der Waals surface area contributed by atoms with Gasteiger partial charge in [-0.3, -0.25) is 4.68 Å². The fourth-order valence-electron chi connectivity index (χ4n) is 3.92. The standard InChI is InChI=1S/C26H30F2N4O2/c1-16-6-9-21(26(27,28)15-33)13-19(16)14-32-17(2)12-22(30-32)24-29-23(31-34-24)18-7-10-20(11-8-18)25(3,4)5/h7-13,16,33H,6,14-15H2,1-5H3. The molecule has 0 radical (unpaired) electrons. The van der Waals surface area contributed by atoms with Crippen molar-refractivity contribution in [2.24, 2.45) is 5.92 Å². The van der Waals surface area contributed by atoms with Crippen LogP contribution in [0.2, 0.25) is 0 Å². The maximum atomic E-state index is 14.0. The highest BCUT2D eigenvalue weighted by Gasteiger charge is 2.34. The molecule has 1 unspecified atom stereocenters. The summed E-state index contributed by atoms with van der Waals surface area (Å²) in [6.07, 6.45) is 3.47. The van der Waals surface area contributed by atoms with Crippen LogP contribution >= 0.6 is 0 Å². The molecule has 0 aliphatic heterocycles. The molecular weight excluding hydrogens is 438 g/mol. The van der Waals surface area contributed by atoms with Crippen LogP contribution in [-0.2, 0) is 12.0 Å². The molecule has 1 aliphatic carbocycles. The molecule has 0 spiro atoms. The van der Waals surface area contributed by atoms with Crippen molar-refractivity contribution in [2.45, 2.75) is 58.9 Å². The lowest BCUT2D eigenvalue weighted by Gasteiger charge is -2.24. The van der Waals surface area contributed by atoms with Crippen molar-refractivity contribution in [3.63, 3.8) is 0 Å². The number of aromatic nitrogens is 4. The number of alkyl halides is 2. The van der Waals surface area contributed by atoms with Crippen molar-refractivity contribution in [3.8, 4) is 23.0 Å². The van der Waals surface area contributed by atoms with Gasteiger partial charge < -0.3 is 9.63 Å². The maximum Gasteiger partial charge on any atom is 0.295 e. The van der Waals surface area contributed by atoms with Crippen LogP contribution < -0.4 is 0 Å². The summed E-state index contributed by atoms with van der Waals surface area (Å²) < 4.78 is 35.2. The number of aliphatic hydroxyl groups is 1. The molecule has 0 amide bonds. The third-order valence-electron chi connectivity index (χ3n) is 6.25. The van der Waals surface area contributed by atoms with Crippen LogP contribution in [0.5, 0.6) is 0 Å². The molecule has 2 heterocycles. The van der Waals surface area contributed by atoms with E-state index in [0.29, 0.717) is 30.4 Å². The number of aliphatic hydroxyl groups excluding tert-OH is 1. The van der Waals surface area contributed by atoms with Crippen molar-refractivity contribution in [1.29, 1.82) is 0 Å². The molecule has 180 valence electrons. The maximum absolute atomic E-state index is 14.0. The SMILES string of the molecule is Cc1cc(-c2nc(-c3ccc(C(C)(C)C)cc3)no2)nn1CC1=CC(C(F)(F)CO)=CCC1C. The van der Waals surface area contributed by atoms with E-state index in [0.717, 1.165) is 16.8 Å². The normalized spacial score (nSPS) is 17.0. The van der Waals surface area contributed by atoms with Gasteiger partial charge in [0, 0.05) is 16.8 Å². The third kappa shape index (κ3) is 4.87. The zero-order chi connectivity index (χ0) is 24.7. The van der Waals surface area contributed by atoms with E-state index in [9.17, 15) is 8.78 Å². The molecular formula is C26H30F2N4O2. The molecule has 0 saturated heterocycles. The lowest BCUT2D eigenvalue weighted by Crippen LogP contribution is -2.26. The Kier molecular flexibility index (Phi) is 6.29. The van der Waals surface area contributed by atoms with E-state index in [2.05, 4.69) is 48.1 Å². The monoisotopic (exact) mass is 468 g/mol. The first-order valence-electron chi connectivity index (χ1n) is 11.4. The quantitative estimate of drug-likeness (QED) is 0.500. The summed E-state index contributed by atoms with van der Waals surface area (Å²) in [5.74, 6) is -2.38. The van der Waals surface area contributed by atoms with Crippen molar-refractivity contribution in [1.82, 2.24) is 19.9 Å². The summed E-state index contributed by atoms with van der Waals surface area (Å²) in [6, 6.07) is 9.91. The Balaban J connectivity index is 1.55. The fraction of sp³-hybridized carbons (Fsp3) is 0.423. The molecule has 1 N–H and O–H groups in total. The Morgan fingerprint density at radius 3 is 2.53 bits per heavy atom. The molecule has 6 nitrogen and oxygen atoms in total. The first kappa shape index (κ1) is 24.0. The minimum atomic E-state index is -3.25. The van der Waals surface area contributed by atoms with Crippen LogP contribution in [-0.4, -0.2) is 37.6 Å². The van der Waals surface area contributed by atoms with Gasteiger partial charge in [0.25, 0.3) is 11.8 Å². The van der Waals surface area contributed by atoms with Crippen LogP contribution in [0.1, 0.15) is 45.4 Å². The summed E-state index contributed by atoms with van der Waals surface area (Å²) in [6.45, 7) is 9.52. The number of halogens is 2. The molecule has 34 heavy (non-hydrogen) atoms. The Hall–Kier alpha value is -3.13. The predicted molar refractivity (Wildman–Crippen MR) is 126 cm³/mol. The van der Waals surface area contributed by atoms with Gasteiger partial charge in [0.15, 0.2) is 5.69 Å². The molecule has 0 saturated carbocycles. The number of hydrogen-bond donors (Lipinski definition) is 1. The van der Waals surface area contributed by atoms with Crippen LogP contribution in [0, 0.1) is 12.8 Å². The summed E-state index contributed by atoms with van der Waals surface area (Å²) in [5.41, 5.74) is 4.19. The molecule has 1 aromatic carbocycles. The number of aryl methyl sites for hydroxylation is 1. The molecule has 3 aromatic rings. The summed E-state index contributed by atoms with van der Waals surface area (Å²) >= 11 is 0. The molecule has 1 aliphatic rings. The average Bonchev–Trinajstić information content (AvgIpc) is 3.42. The van der Waals surface area contributed by atoms with Crippen LogP contribution in [0.25, 0.3) is 23.0 Å². The first-order valence-corrected chi connectivity index (χ1v) is 11.4. The topological polar surface area (TPSA) is 77.0 Å². The summed E-state index contributed by atoms with van der Waals surface area (Å²) in [5, 5.41) is 17.7. The number of hydrogen-bond acceptors (Lipinski definition) is 5. The van der Waals surface area contributed by atoms with Gasteiger partial charge in [-0.1, -0.05) is 69.3 Å². The average molecular weight is 469 g/mol. The lowest BCUT2D eigenvalue weighted by molar-refractivity contribution is -0.0133. The van der Waals surface area contributed by atoms with E-state index in [1.54, 1.807) is 4.68 Å². The Labute approximate surface area is 198 Å². The van der Waals surface area contributed by atoms with Crippen LogP contribution in [0.15, 0.2) is 58.2 Å². The molecule has 2 aromatic heterocycles. The van der Waals surface area contributed by atoms with Gasteiger partial charge in [0.2, 0.25) is 5.82 Å². The van der Waals surface area contributed by atoms with E-state index < -0.39 is 12.5 Å². The number of benzene rings is 1. The van der Waals surface area contributed by atoms with Gasteiger partial charge in [-0.05, 0) is 41.9 Å². The van der Waals surface area contributed by atoms with E-state index in [-0.39, 0.29) is 16.9 Å². The molecule has 0 bridgehead atoms. The molecule has 8 heteroatoms.